The van der Waals surface area contributed by atoms with Crippen LogP contribution < -0.4 is 10.6 Å². The van der Waals surface area contributed by atoms with Crippen LogP contribution in [0.1, 0.15) is 32.1 Å². The number of methoxy groups -OCH3 is 1. The molecule has 0 spiro atoms. The lowest BCUT2D eigenvalue weighted by Crippen LogP contribution is -2.18. The van der Waals surface area contributed by atoms with E-state index in [2.05, 4.69) is 27.8 Å². The second-order valence-corrected chi connectivity index (χ2v) is 6.48. The summed E-state index contributed by atoms with van der Waals surface area (Å²) < 4.78 is 10.5. The van der Waals surface area contributed by atoms with E-state index >= 15 is 0 Å². The summed E-state index contributed by atoms with van der Waals surface area (Å²) in [4.78, 5) is 0. The van der Waals surface area contributed by atoms with Crippen molar-refractivity contribution in [3.8, 4) is 0 Å². The van der Waals surface area contributed by atoms with E-state index in [4.69, 9.17) is 9.15 Å². The average molecular weight is 300 g/mol. The molecule has 1 fully saturated rings. The molecule has 20 heavy (non-hydrogen) atoms. The number of aromatic nitrogens is 2. The van der Waals surface area contributed by atoms with Gasteiger partial charge in [0.2, 0.25) is 5.89 Å². The molecular formula is C13H24N4O2S. The maximum absolute atomic E-state index is 5.58. The van der Waals surface area contributed by atoms with Crippen molar-refractivity contribution in [3.05, 3.63) is 5.89 Å². The standard InChI is InChI=1S/C13H24N4O2S/c1-3-20-11-5-4-10(8-11)15-13-17-16-12(19-13)9-14-6-7-18-2/h10-11,14H,3-9H2,1-2H3,(H,15,17). The van der Waals surface area contributed by atoms with E-state index in [1.807, 2.05) is 11.8 Å². The van der Waals surface area contributed by atoms with E-state index in [0.717, 1.165) is 11.8 Å². The summed E-state index contributed by atoms with van der Waals surface area (Å²) in [6, 6.07) is 1.01. The summed E-state index contributed by atoms with van der Waals surface area (Å²) in [5, 5.41) is 15.4. The smallest absolute Gasteiger partial charge is 0.315 e. The van der Waals surface area contributed by atoms with Gasteiger partial charge in [-0.25, -0.2) is 0 Å². The molecule has 6 nitrogen and oxygen atoms in total. The van der Waals surface area contributed by atoms with E-state index in [1.54, 1.807) is 7.11 Å². The molecule has 114 valence electrons. The predicted octanol–water partition coefficient (Wildman–Crippen LogP) is 1.89. The van der Waals surface area contributed by atoms with Crippen LogP contribution in [0.3, 0.4) is 0 Å². The lowest BCUT2D eigenvalue weighted by Gasteiger charge is -2.10. The van der Waals surface area contributed by atoms with E-state index in [0.29, 0.717) is 31.1 Å². The minimum atomic E-state index is 0.466. The third-order valence-electron chi connectivity index (χ3n) is 3.34. The Morgan fingerprint density at radius 2 is 2.30 bits per heavy atom. The van der Waals surface area contributed by atoms with Gasteiger partial charge in [0.1, 0.15) is 0 Å². The van der Waals surface area contributed by atoms with Crippen molar-refractivity contribution in [2.75, 3.05) is 31.3 Å². The van der Waals surface area contributed by atoms with Crippen LogP contribution in [0.15, 0.2) is 4.42 Å². The predicted molar refractivity (Wildman–Crippen MR) is 81.1 cm³/mol. The van der Waals surface area contributed by atoms with Crippen molar-refractivity contribution in [2.45, 2.75) is 44.0 Å². The number of thioether (sulfide) groups is 1. The van der Waals surface area contributed by atoms with Gasteiger partial charge in [0.25, 0.3) is 0 Å². The molecule has 2 unspecified atom stereocenters. The molecule has 2 rings (SSSR count). The van der Waals surface area contributed by atoms with E-state index in [9.17, 15) is 0 Å². The van der Waals surface area contributed by atoms with Gasteiger partial charge in [-0.3, -0.25) is 0 Å². The number of nitrogens with zero attached hydrogens (tertiary/aromatic N) is 2. The first-order valence-corrected chi connectivity index (χ1v) is 8.26. The molecule has 0 bridgehead atoms. The third kappa shape index (κ3) is 4.96. The van der Waals surface area contributed by atoms with Gasteiger partial charge >= 0.3 is 6.01 Å². The van der Waals surface area contributed by atoms with Crippen molar-refractivity contribution in [2.24, 2.45) is 0 Å². The van der Waals surface area contributed by atoms with Gasteiger partial charge in [-0.2, -0.15) is 11.8 Å². The normalized spacial score (nSPS) is 22.3. The van der Waals surface area contributed by atoms with Crippen molar-refractivity contribution in [1.82, 2.24) is 15.5 Å². The van der Waals surface area contributed by atoms with Crippen LogP contribution in [-0.2, 0) is 11.3 Å². The quantitative estimate of drug-likeness (QED) is 0.675. The Hall–Kier alpha value is -0.790. The summed E-state index contributed by atoms with van der Waals surface area (Å²) in [5.74, 6) is 1.80. The Balaban J connectivity index is 1.70. The highest BCUT2D eigenvalue weighted by Gasteiger charge is 2.25. The Kier molecular flexibility index (Phi) is 6.62. The number of nitrogens with one attached hydrogen (secondary N) is 2. The molecule has 7 heteroatoms. The Labute approximate surface area is 124 Å². The molecule has 2 N–H and O–H groups in total. The van der Waals surface area contributed by atoms with E-state index < -0.39 is 0 Å². The van der Waals surface area contributed by atoms with Crippen LogP contribution in [0, 0.1) is 0 Å². The van der Waals surface area contributed by atoms with Crippen LogP contribution in [0.4, 0.5) is 6.01 Å². The first-order chi connectivity index (χ1) is 9.81. The SMILES string of the molecule is CCSC1CCC(Nc2nnc(CNCCOC)o2)C1. The molecule has 1 aliphatic carbocycles. The minimum Gasteiger partial charge on any atom is -0.407 e. The molecular weight excluding hydrogens is 276 g/mol. The Morgan fingerprint density at radius 1 is 1.40 bits per heavy atom. The second-order valence-electron chi connectivity index (χ2n) is 4.90. The maximum atomic E-state index is 5.58. The van der Waals surface area contributed by atoms with Gasteiger partial charge in [0, 0.05) is 24.9 Å². The molecule has 0 radical (unpaired) electrons. The highest BCUT2D eigenvalue weighted by Crippen LogP contribution is 2.31. The summed E-state index contributed by atoms with van der Waals surface area (Å²) in [5.41, 5.74) is 0. The molecule has 1 saturated carbocycles. The van der Waals surface area contributed by atoms with Gasteiger partial charge < -0.3 is 19.8 Å². The van der Waals surface area contributed by atoms with Crippen molar-refractivity contribution < 1.29 is 9.15 Å². The molecule has 0 aliphatic heterocycles. The van der Waals surface area contributed by atoms with Crippen molar-refractivity contribution >= 4 is 17.8 Å². The summed E-state index contributed by atoms with van der Waals surface area (Å²) in [6.07, 6.45) is 3.64. The zero-order valence-electron chi connectivity index (χ0n) is 12.2. The van der Waals surface area contributed by atoms with E-state index in [-0.39, 0.29) is 0 Å². The number of ether oxygens (including phenoxy) is 1. The lowest BCUT2D eigenvalue weighted by molar-refractivity contribution is 0.198. The number of hydrogen-bond acceptors (Lipinski definition) is 7. The first kappa shape index (κ1) is 15.6. The minimum absolute atomic E-state index is 0.466. The fourth-order valence-electron chi connectivity index (χ4n) is 2.39. The Morgan fingerprint density at radius 3 is 3.10 bits per heavy atom. The second kappa shape index (κ2) is 8.49. The zero-order valence-corrected chi connectivity index (χ0v) is 13.0. The van der Waals surface area contributed by atoms with Gasteiger partial charge in [0.05, 0.1) is 13.2 Å². The van der Waals surface area contributed by atoms with Gasteiger partial charge in [-0.1, -0.05) is 12.0 Å². The molecule has 2 atom stereocenters. The molecule has 1 aromatic rings. The molecule has 1 heterocycles. The maximum Gasteiger partial charge on any atom is 0.315 e. The molecule has 1 aliphatic rings. The highest BCUT2D eigenvalue weighted by atomic mass is 32.2. The molecule has 0 amide bonds. The van der Waals surface area contributed by atoms with Gasteiger partial charge in [-0.05, 0) is 25.0 Å². The summed E-state index contributed by atoms with van der Waals surface area (Å²) >= 11 is 2.05. The fraction of sp³-hybridized carbons (Fsp3) is 0.846. The molecule has 1 aromatic heterocycles. The third-order valence-corrected chi connectivity index (χ3v) is 4.57. The lowest BCUT2D eigenvalue weighted by atomic mass is 10.3. The number of anilines is 1. The van der Waals surface area contributed by atoms with Crippen LogP contribution in [0.2, 0.25) is 0 Å². The van der Waals surface area contributed by atoms with Crippen molar-refractivity contribution in [1.29, 1.82) is 0 Å². The molecule has 0 saturated heterocycles. The van der Waals surface area contributed by atoms with Crippen molar-refractivity contribution in [3.63, 3.8) is 0 Å². The van der Waals surface area contributed by atoms with Crippen LogP contribution in [0.5, 0.6) is 0 Å². The molecule has 0 aromatic carbocycles. The highest BCUT2D eigenvalue weighted by molar-refractivity contribution is 7.99. The van der Waals surface area contributed by atoms with Crippen LogP contribution in [0.25, 0.3) is 0 Å². The topological polar surface area (TPSA) is 72.2 Å². The summed E-state index contributed by atoms with van der Waals surface area (Å²) in [6.45, 7) is 4.25. The first-order valence-electron chi connectivity index (χ1n) is 7.22. The van der Waals surface area contributed by atoms with Gasteiger partial charge in [-0.15, -0.1) is 5.10 Å². The number of rotatable bonds is 9. The van der Waals surface area contributed by atoms with Gasteiger partial charge in [0.15, 0.2) is 0 Å². The summed E-state index contributed by atoms with van der Waals surface area (Å²) in [7, 11) is 1.68. The largest absolute Gasteiger partial charge is 0.407 e. The number of hydrogen-bond donors (Lipinski definition) is 2. The Bertz CT molecular complexity index is 388. The zero-order chi connectivity index (χ0) is 14.2. The van der Waals surface area contributed by atoms with E-state index in [1.165, 1.54) is 25.0 Å². The fourth-order valence-corrected chi connectivity index (χ4v) is 3.53. The average Bonchev–Trinajstić information content (AvgIpc) is 3.06. The van der Waals surface area contributed by atoms with Crippen LogP contribution in [-0.4, -0.2) is 47.5 Å². The monoisotopic (exact) mass is 300 g/mol. The van der Waals surface area contributed by atoms with Crippen LogP contribution >= 0.6 is 11.8 Å².